The van der Waals surface area contributed by atoms with Gasteiger partial charge < -0.3 is 4.74 Å². The van der Waals surface area contributed by atoms with Crippen molar-refractivity contribution in [1.82, 2.24) is 9.62 Å². The van der Waals surface area contributed by atoms with E-state index in [2.05, 4.69) is 11.6 Å². The number of benzene rings is 2. The Morgan fingerprint density at radius 3 is 2.43 bits per heavy atom. The largest absolute Gasteiger partial charge is 0.493 e. The number of piperidine rings is 1. The first-order valence-corrected chi connectivity index (χ1v) is 13.5. The zero-order valence-corrected chi connectivity index (χ0v) is 21.9. The average Bonchev–Trinajstić information content (AvgIpc) is 3.67. The molecule has 2 aromatic rings. The summed E-state index contributed by atoms with van der Waals surface area (Å²) in [4.78, 5) is 14.3. The minimum Gasteiger partial charge on any atom is -0.493 e. The molecule has 0 radical (unpaired) electrons. The molecule has 2 fully saturated rings. The molecule has 4 nitrogen and oxygen atoms in total. The van der Waals surface area contributed by atoms with E-state index in [4.69, 9.17) is 4.74 Å². The van der Waals surface area contributed by atoms with Gasteiger partial charge in [-0.1, -0.05) is 18.9 Å². The zero-order valence-electron chi connectivity index (χ0n) is 21.1. The summed E-state index contributed by atoms with van der Waals surface area (Å²) in [6.07, 6.45) is 0.448. The van der Waals surface area contributed by atoms with Gasteiger partial charge in [0, 0.05) is 23.8 Å². The maximum Gasteiger partial charge on any atom is 0.416 e. The van der Waals surface area contributed by atoms with Crippen LogP contribution in [-0.2, 0) is 6.18 Å². The molecule has 0 spiro atoms. The van der Waals surface area contributed by atoms with Gasteiger partial charge in [-0.2, -0.15) is 13.2 Å². The molecule has 1 heterocycles. The fourth-order valence-electron chi connectivity index (χ4n) is 4.81. The third-order valence-corrected chi connectivity index (χ3v) is 7.80. The van der Waals surface area contributed by atoms with E-state index in [9.17, 15) is 26.7 Å². The second-order valence-corrected chi connectivity index (χ2v) is 11.0. The van der Waals surface area contributed by atoms with Crippen molar-refractivity contribution in [1.29, 1.82) is 0 Å². The summed E-state index contributed by atoms with van der Waals surface area (Å²) >= 11 is 1.11. The summed E-state index contributed by atoms with van der Waals surface area (Å²) in [7, 11) is 0. The van der Waals surface area contributed by atoms with E-state index < -0.39 is 29.3 Å². The van der Waals surface area contributed by atoms with Crippen molar-refractivity contribution in [3.8, 4) is 5.75 Å². The fourth-order valence-corrected chi connectivity index (χ4v) is 5.10. The first kappa shape index (κ1) is 27.7. The van der Waals surface area contributed by atoms with Crippen molar-refractivity contribution in [3.05, 3.63) is 64.2 Å². The van der Waals surface area contributed by atoms with E-state index in [0.29, 0.717) is 49.9 Å². The molecular weight excluding hydrogens is 511 g/mol. The molecule has 2 aliphatic rings. The molecule has 1 unspecified atom stereocenters. The van der Waals surface area contributed by atoms with Gasteiger partial charge in [-0.25, -0.2) is 8.78 Å². The Morgan fingerprint density at radius 1 is 1.16 bits per heavy atom. The monoisotopic (exact) mass is 542 g/mol. The molecule has 1 aliphatic carbocycles. The van der Waals surface area contributed by atoms with Gasteiger partial charge in [-0.3, -0.25) is 14.4 Å². The maximum absolute atomic E-state index is 14.7. The Bertz CT molecular complexity index is 1140. The molecule has 0 bridgehead atoms. The zero-order chi connectivity index (χ0) is 27.0. The van der Waals surface area contributed by atoms with Gasteiger partial charge in [-0.15, -0.1) is 0 Å². The number of nitrogens with zero attached hydrogens (tertiary/aromatic N) is 1. The number of nitrogens with one attached hydrogen (secondary N) is 1. The van der Waals surface area contributed by atoms with Crippen LogP contribution in [0.5, 0.6) is 5.75 Å². The van der Waals surface area contributed by atoms with Gasteiger partial charge in [0.05, 0.1) is 17.7 Å². The second-order valence-electron chi connectivity index (χ2n) is 10.4. The van der Waals surface area contributed by atoms with Gasteiger partial charge in [0.1, 0.15) is 17.4 Å². The van der Waals surface area contributed by atoms with Gasteiger partial charge in [0.25, 0.3) is 5.91 Å². The lowest BCUT2D eigenvalue weighted by Gasteiger charge is -2.42. The molecular formula is C27H31F5N2O2S. The maximum atomic E-state index is 14.7. The smallest absolute Gasteiger partial charge is 0.416 e. The number of rotatable bonds is 8. The van der Waals surface area contributed by atoms with Gasteiger partial charge >= 0.3 is 6.18 Å². The number of halogens is 5. The molecule has 1 N–H and O–H groups in total. The van der Waals surface area contributed by atoms with E-state index in [-0.39, 0.29) is 22.9 Å². The molecule has 10 heteroatoms. The lowest BCUT2D eigenvalue weighted by atomic mass is 9.80. The van der Waals surface area contributed by atoms with Crippen molar-refractivity contribution < 1.29 is 31.5 Å². The SMILES string of the molecule is CSNC(=O)c1cc(C2CC2)c(OCC2(C)CCN(C(C)c3cc(F)cc(C(F)(F)F)c3)CC2)cc1F. The summed E-state index contributed by atoms with van der Waals surface area (Å²) in [6.45, 7) is 5.43. The van der Waals surface area contributed by atoms with Crippen molar-refractivity contribution in [3.63, 3.8) is 0 Å². The Hall–Kier alpha value is -2.33. The molecule has 1 amide bonds. The van der Waals surface area contributed by atoms with Crippen molar-refractivity contribution in [2.75, 3.05) is 26.0 Å². The number of ether oxygens (including phenoxy) is 1. The van der Waals surface area contributed by atoms with Gasteiger partial charge in [0.15, 0.2) is 0 Å². The van der Waals surface area contributed by atoms with Crippen LogP contribution in [0.15, 0.2) is 30.3 Å². The standard InChI is InChI=1S/C27H31F5N2O2S/c1-16(18-10-19(27(30,31)32)12-20(28)11-18)34-8-6-26(2,7-9-34)15-36-24-14-23(29)22(25(35)33-37-3)13-21(24)17-4-5-17/h10-14,16-17H,4-9,15H2,1-3H3,(H,33,35). The van der Waals surface area contributed by atoms with E-state index in [0.717, 1.165) is 42.5 Å². The molecule has 0 aromatic heterocycles. The number of alkyl halides is 3. The number of hydrogen-bond acceptors (Lipinski definition) is 4. The average molecular weight is 543 g/mol. The van der Waals surface area contributed by atoms with Crippen LogP contribution in [0.2, 0.25) is 0 Å². The molecule has 1 saturated heterocycles. The summed E-state index contributed by atoms with van der Waals surface area (Å²) in [5.74, 6) is -1.31. The first-order chi connectivity index (χ1) is 17.4. The Kier molecular flexibility index (Phi) is 8.09. The number of carbonyl (C=O) groups is 1. The summed E-state index contributed by atoms with van der Waals surface area (Å²) in [5, 5.41) is 0. The second kappa shape index (κ2) is 10.8. The number of likely N-dealkylation sites (tertiary alicyclic amines) is 1. The molecule has 1 saturated carbocycles. The van der Waals surface area contributed by atoms with Crippen molar-refractivity contribution in [2.45, 2.75) is 57.7 Å². The molecule has 1 atom stereocenters. The Morgan fingerprint density at radius 2 is 1.84 bits per heavy atom. The molecule has 37 heavy (non-hydrogen) atoms. The number of amides is 1. The minimum absolute atomic E-state index is 0.00290. The predicted octanol–water partition coefficient (Wildman–Crippen LogP) is 7.11. The summed E-state index contributed by atoms with van der Waals surface area (Å²) in [5.41, 5.74) is -0.0683. The highest BCUT2D eigenvalue weighted by Gasteiger charge is 2.36. The topological polar surface area (TPSA) is 41.6 Å². The highest BCUT2D eigenvalue weighted by atomic mass is 32.2. The highest BCUT2D eigenvalue weighted by Crippen LogP contribution is 2.46. The van der Waals surface area contributed by atoms with Crippen LogP contribution in [0.3, 0.4) is 0 Å². The predicted molar refractivity (Wildman–Crippen MR) is 134 cm³/mol. The van der Waals surface area contributed by atoms with E-state index in [1.165, 1.54) is 6.07 Å². The van der Waals surface area contributed by atoms with E-state index >= 15 is 0 Å². The van der Waals surface area contributed by atoms with E-state index in [1.807, 2.05) is 4.90 Å². The summed E-state index contributed by atoms with van der Waals surface area (Å²) < 4.78 is 76.8. The van der Waals surface area contributed by atoms with Crippen LogP contribution < -0.4 is 9.46 Å². The molecule has 4 rings (SSSR count). The van der Waals surface area contributed by atoms with Crippen LogP contribution in [0.4, 0.5) is 22.0 Å². The fraction of sp³-hybridized carbons (Fsp3) is 0.519. The number of carbonyl (C=O) groups excluding carboxylic acids is 1. The van der Waals surface area contributed by atoms with Crippen LogP contribution >= 0.6 is 11.9 Å². The Balaban J connectivity index is 1.41. The molecule has 1 aliphatic heterocycles. The third-order valence-electron chi connectivity index (χ3n) is 7.41. The summed E-state index contributed by atoms with van der Waals surface area (Å²) in [6, 6.07) is 5.20. The quantitative estimate of drug-likeness (QED) is 0.285. The third kappa shape index (κ3) is 6.57. The van der Waals surface area contributed by atoms with Gasteiger partial charge in [-0.05, 0) is 87.0 Å². The highest BCUT2D eigenvalue weighted by molar-refractivity contribution is 7.97. The van der Waals surface area contributed by atoms with Crippen LogP contribution in [0.1, 0.15) is 78.5 Å². The molecule has 202 valence electrons. The Labute approximate surface area is 218 Å². The lowest BCUT2D eigenvalue weighted by Crippen LogP contribution is -2.42. The first-order valence-electron chi connectivity index (χ1n) is 12.3. The van der Waals surface area contributed by atoms with E-state index in [1.54, 1.807) is 19.2 Å². The normalized spacial score (nSPS) is 18.9. The van der Waals surface area contributed by atoms with Crippen molar-refractivity contribution >= 4 is 17.9 Å². The van der Waals surface area contributed by atoms with Crippen LogP contribution in [-0.4, -0.2) is 36.8 Å². The van der Waals surface area contributed by atoms with Gasteiger partial charge in [0.2, 0.25) is 0 Å². The molecule has 2 aromatic carbocycles. The number of hydrogen-bond donors (Lipinski definition) is 1. The minimum atomic E-state index is -4.61. The van der Waals surface area contributed by atoms with Crippen LogP contribution in [0, 0.1) is 17.0 Å². The van der Waals surface area contributed by atoms with Crippen LogP contribution in [0.25, 0.3) is 0 Å². The lowest BCUT2D eigenvalue weighted by molar-refractivity contribution is -0.137. The van der Waals surface area contributed by atoms with Crippen molar-refractivity contribution in [2.24, 2.45) is 5.41 Å².